The Labute approximate surface area is 107 Å². The number of aryl methyl sites for hydroxylation is 1. The fraction of sp³-hybridized carbons (Fsp3) is 0.182. The second kappa shape index (κ2) is 4.28. The van der Waals surface area contributed by atoms with Crippen molar-refractivity contribution >= 4 is 50.0 Å². The molecule has 0 unspecified atom stereocenters. The first-order valence-corrected chi connectivity index (χ1v) is 6.14. The Morgan fingerprint density at radius 3 is 2.80 bits per heavy atom. The fourth-order valence-electron chi connectivity index (χ4n) is 1.47. The maximum absolute atomic E-state index is 6.02. The molecule has 2 rings (SSSR count). The van der Waals surface area contributed by atoms with Crippen LogP contribution in [0.15, 0.2) is 22.7 Å². The van der Waals surface area contributed by atoms with Crippen molar-refractivity contribution in [1.82, 2.24) is 4.98 Å². The number of halogens is 3. The molecule has 0 aliphatic heterocycles. The van der Waals surface area contributed by atoms with Crippen LogP contribution in [0.2, 0.25) is 5.15 Å². The molecule has 0 aliphatic rings. The van der Waals surface area contributed by atoms with Gasteiger partial charge in [-0.3, -0.25) is 0 Å². The number of aromatic nitrogens is 1. The van der Waals surface area contributed by atoms with Gasteiger partial charge in [-0.15, -0.1) is 11.6 Å². The Balaban J connectivity index is 2.81. The molecule has 1 aromatic heterocycles. The van der Waals surface area contributed by atoms with Crippen molar-refractivity contribution in [3.63, 3.8) is 0 Å². The number of rotatable bonds is 1. The van der Waals surface area contributed by atoms with E-state index < -0.39 is 0 Å². The number of hydrogen-bond acceptors (Lipinski definition) is 1. The molecule has 2 aromatic rings. The van der Waals surface area contributed by atoms with E-state index in [0.29, 0.717) is 11.0 Å². The lowest BCUT2D eigenvalue weighted by Gasteiger charge is -2.06. The summed E-state index contributed by atoms with van der Waals surface area (Å²) in [4.78, 5) is 4.36. The highest BCUT2D eigenvalue weighted by atomic mass is 79.9. The van der Waals surface area contributed by atoms with Gasteiger partial charge in [-0.1, -0.05) is 33.6 Å². The standard InChI is InChI=1S/C11H8BrCl2N/c1-6-9(12)3-2-7-4-8(5-13)11(14)15-10(6)7/h2-4H,5H2,1H3. The zero-order valence-electron chi connectivity index (χ0n) is 8.02. The first kappa shape index (κ1) is 11.2. The van der Waals surface area contributed by atoms with Crippen molar-refractivity contribution in [1.29, 1.82) is 0 Å². The zero-order valence-corrected chi connectivity index (χ0v) is 11.1. The van der Waals surface area contributed by atoms with Crippen LogP contribution >= 0.6 is 39.1 Å². The molecule has 0 amide bonds. The van der Waals surface area contributed by atoms with Gasteiger partial charge in [-0.25, -0.2) is 4.98 Å². The highest BCUT2D eigenvalue weighted by Gasteiger charge is 2.07. The molecule has 78 valence electrons. The fourth-order valence-corrected chi connectivity index (χ4v) is 2.27. The monoisotopic (exact) mass is 303 g/mol. The highest BCUT2D eigenvalue weighted by molar-refractivity contribution is 9.10. The van der Waals surface area contributed by atoms with E-state index >= 15 is 0 Å². The molecular formula is C11H8BrCl2N. The SMILES string of the molecule is Cc1c(Br)ccc2cc(CCl)c(Cl)nc12. The topological polar surface area (TPSA) is 12.9 Å². The molecule has 0 atom stereocenters. The maximum Gasteiger partial charge on any atom is 0.134 e. The minimum absolute atomic E-state index is 0.386. The molecular weight excluding hydrogens is 297 g/mol. The van der Waals surface area contributed by atoms with Crippen LogP contribution in [0.5, 0.6) is 0 Å². The second-order valence-electron chi connectivity index (χ2n) is 3.32. The summed E-state index contributed by atoms with van der Waals surface area (Å²) in [5, 5.41) is 1.55. The van der Waals surface area contributed by atoms with Crippen molar-refractivity contribution < 1.29 is 0 Å². The number of hydrogen-bond donors (Lipinski definition) is 0. The van der Waals surface area contributed by atoms with Gasteiger partial charge in [0.25, 0.3) is 0 Å². The normalized spacial score (nSPS) is 10.9. The molecule has 0 saturated heterocycles. The Morgan fingerprint density at radius 1 is 1.40 bits per heavy atom. The van der Waals surface area contributed by atoms with Crippen LogP contribution in [0.3, 0.4) is 0 Å². The van der Waals surface area contributed by atoms with Gasteiger partial charge >= 0.3 is 0 Å². The smallest absolute Gasteiger partial charge is 0.134 e. The largest absolute Gasteiger partial charge is 0.235 e. The molecule has 0 bridgehead atoms. The highest BCUT2D eigenvalue weighted by Crippen LogP contribution is 2.28. The van der Waals surface area contributed by atoms with E-state index in [1.165, 1.54) is 0 Å². The number of alkyl halides is 1. The zero-order chi connectivity index (χ0) is 11.0. The van der Waals surface area contributed by atoms with Crippen LogP contribution in [0.25, 0.3) is 10.9 Å². The molecule has 0 fully saturated rings. The summed E-state index contributed by atoms with van der Waals surface area (Å²) in [6.45, 7) is 2.01. The lowest BCUT2D eigenvalue weighted by atomic mass is 10.1. The molecule has 4 heteroatoms. The van der Waals surface area contributed by atoms with Gasteiger partial charge in [0.05, 0.1) is 11.4 Å². The van der Waals surface area contributed by atoms with E-state index in [-0.39, 0.29) is 0 Å². The van der Waals surface area contributed by atoms with E-state index in [2.05, 4.69) is 20.9 Å². The molecule has 0 aliphatic carbocycles. The summed E-state index contributed by atoms with van der Waals surface area (Å²) in [7, 11) is 0. The predicted molar refractivity (Wildman–Crippen MR) is 68.7 cm³/mol. The maximum atomic E-state index is 6.02. The molecule has 0 radical (unpaired) electrons. The van der Waals surface area contributed by atoms with E-state index in [1.807, 2.05) is 25.1 Å². The molecule has 0 N–H and O–H groups in total. The van der Waals surface area contributed by atoms with Crippen LogP contribution in [0.4, 0.5) is 0 Å². The van der Waals surface area contributed by atoms with E-state index in [9.17, 15) is 0 Å². The van der Waals surface area contributed by atoms with E-state index in [1.54, 1.807) is 0 Å². The Kier molecular flexibility index (Phi) is 3.19. The number of nitrogens with zero attached hydrogens (tertiary/aromatic N) is 1. The van der Waals surface area contributed by atoms with E-state index in [4.69, 9.17) is 23.2 Å². The lowest BCUT2D eigenvalue weighted by molar-refractivity contribution is 1.28. The van der Waals surface area contributed by atoms with Crippen molar-refractivity contribution in [3.05, 3.63) is 39.0 Å². The Bertz CT molecular complexity index is 525. The summed E-state index contributed by atoms with van der Waals surface area (Å²) in [6, 6.07) is 5.99. The van der Waals surface area contributed by atoms with Crippen LogP contribution in [-0.4, -0.2) is 4.98 Å². The average Bonchev–Trinajstić information content (AvgIpc) is 2.24. The summed E-state index contributed by atoms with van der Waals surface area (Å²) >= 11 is 15.3. The third-order valence-electron chi connectivity index (χ3n) is 2.34. The van der Waals surface area contributed by atoms with Crippen molar-refractivity contribution in [2.24, 2.45) is 0 Å². The molecule has 0 saturated carbocycles. The minimum Gasteiger partial charge on any atom is -0.235 e. The first-order chi connectivity index (χ1) is 7.13. The summed E-state index contributed by atoms with van der Waals surface area (Å²) in [6.07, 6.45) is 0. The lowest BCUT2D eigenvalue weighted by Crippen LogP contribution is -1.90. The number of pyridine rings is 1. The molecule has 1 nitrogen and oxygen atoms in total. The predicted octanol–water partition coefficient (Wildman–Crippen LogP) is 4.70. The summed E-state index contributed by atoms with van der Waals surface area (Å²) < 4.78 is 1.04. The van der Waals surface area contributed by atoms with Gasteiger partial charge in [0.1, 0.15) is 5.15 Å². The van der Waals surface area contributed by atoms with Gasteiger partial charge in [0.15, 0.2) is 0 Å². The van der Waals surface area contributed by atoms with Crippen LogP contribution < -0.4 is 0 Å². The van der Waals surface area contributed by atoms with Gasteiger partial charge < -0.3 is 0 Å². The Hall–Kier alpha value is -0.310. The Morgan fingerprint density at radius 2 is 2.13 bits per heavy atom. The van der Waals surface area contributed by atoms with Crippen LogP contribution in [0.1, 0.15) is 11.1 Å². The number of benzene rings is 1. The van der Waals surface area contributed by atoms with Crippen molar-refractivity contribution in [3.8, 4) is 0 Å². The van der Waals surface area contributed by atoms with E-state index in [0.717, 1.165) is 26.5 Å². The molecule has 1 heterocycles. The molecule has 0 spiro atoms. The van der Waals surface area contributed by atoms with Crippen molar-refractivity contribution in [2.45, 2.75) is 12.8 Å². The average molecular weight is 305 g/mol. The van der Waals surface area contributed by atoms with Gasteiger partial charge in [-0.05, 0) is 24.6 Å². The quantitative estimate of drug-likeness (QED) is 0.550. The second-order valence-corrected chi connectivity index (χ2v) is 4.80. The first-order valence-electron chi connectivity index (χ1n) is 4.43. The molecule has 1 aromatic carbocycles. The van der Waals surface area contributed by atoms with Gasteiger partial charge in [0.2, 0.25) is 0 Å². The number of fused-ring (bicyclic) bond motifs is 1. The van der Waals surface area contributed by atoms with Gasteiger partial charge in [0, 0.05) is 15.4 Å². The summed E-state index contributed by atoms with van der Waals surface area (Å²) in [5.74, 6) is 0.386. The third kappa shape index (κ3) is 1.99. The minimum atomic E-state index is 0.386. The van der Waals surface area contributed by atoms with Crippen molar-refractivity contribution in [2.75, 3.05) is 0 Å². The third-order valence-corrected chi connectivity index (χ3v) is 3.82. The van der Waals surface area contributed by atoms with Gasteiger partial charge in [-0.2, -0.15) is 0 Å². The molecule has 15 heavy (non-hydrogen) atoms. The van der Waals surface area contributed by atoms with Crippen LogP contribution in [-0.2, 0) is 5.88 Å². The summed E-state index contributed by atoms with van der Waals surface area (Å²) in [5.41, 5.74) is 2.88. The van der Waals surface area contributed by atoms with Crippen LogP contribution in [0, 0.1) is 6.92 Å².